The van der Waals surface area contributed by atoms with Crippen molar-refractivity contribution in [2.75, 3.05) is 6.61 Å². The molecule has 2 rings (SSSR count). The molecule has 1 N–H and O–H groups in total. The Balaban J connectivity index is 0.00000220. The van der Waals surface area contributed by atoms with Gasteiger partial charge in [0.05, 0.1) is 6.61 Å². The van der Waals surface area contributed by atoms with E-state index in [-0.39, 0.29) is 19.4 Å². The molecule has 0 unspecified atom stereocenters. The summed E-state index contributed by atoms with van der Waals surface area (Å²) >= 11 is 1.71. The number of rotatable bonds is 6. The second kappa shape index (κ2) is 8.47. The number of amides is 1. The van der Waals surface area contributed by atoms with Crippen LogP contribution in [0.4, 0.5) is 0 Å². The average molecular weight is 305 g/mol. The normalized spacial score (nSPS) is 11.3. The van der Waals surface area contributed by atoms with Gasteiger partial charge in [-0.3, -0.25) is 4.79 Å². The maximum absolute atomic E-state index is 12.2. The summed E-state index contributed by atoms with van der Waals surface area (Å²) in [5, 5.41) is 5.07. The summed E-state index contributed by atoms with van der Waals surface area (Å²) in [5.41, 5.74) is 0.633. The van der Waals surface area contributed by atoms with Crippen LogP contribution < -0.4 is 10.1 Å². The Labute approximate surface area is 131 Å². The summed E-state index contributed by atoms with van der Waals surface area (Å²) in [7, 11) is 0. The van der Waals surface area contributed by atoms with Crippen LogP contribution in [-0.2, 0) is 6.42 Å². The molecule has 0 aliphatic carbocycles. The van der Waals surface area contributed by atoms with Crippen LogP contribution in [0, 0.1) is 0 Å². The summed E-state index contributed by atoms with van der Waals surface area (Å²) < 4.78 is 5.41. The molecule has 0 aliphatic rings. The van der Waals surface area contributed by atoms with Crippen LogP contribution in [0.1, 0.15) is 36.5 Å². The zero-order valence-corrected chi connectivity index (χ0v) is 12.6. The highest BCUT2D eigenvalue weighted by atomic mass is 32.1. The van der Waals surface area contributed by atoms with Gasteiger partial charge in [-0.2, -0.15) is 0 Å². The summed E-state index contributed by atoms with van der Waals surface area (Å²) in [6.45, 7) is 4.54. The number of thiophene rings is 1. The Morgan fingerprint density at radius 3 is 2.81 bits per heavy atom. The topological polar surface area (TPSA) is 38.3 Å². The van der Waals surface area contributed by atoms with Crippen LogP contribution in [0.5, 0.6) is 5.75 Å². The van der Waals surface area contributed by atoms with Gasteiger partial charge in [-0.1, -0.05) is 19.6 Å². The van der Waals surface area contributed by atoms with Crippen molar-refractivity contribution in [3.63, 3.8) is 0 Å². The number of hydrogen-bond acceptors (Lipinski definition) is 3. The lowest BCUT2D eigenvalue weighted by Gasteiger charge is -2.13. The molecule has 0 fully saturated rings. The monoisotopic (exact) mass is 305 g/mol. The Kier molecular flexibility index (Phi) is 6.96. The fraction of sp³-hybridized carbons (Fsp3) is 0.353. The van der Waals surface area contributed by atoms with Crippen molar-refractivity contribution in [3.8, 4) is 5.75 Å². The van der Waals surface area contributed by atoms with E-state index in [0.29, 0.717) is 12.2 Å². The Morgan fingerprint density at radius 1 is 1.33 bits per heavy atom. The zero-order valence-electron chi connectivity index (χ0n) is 11.8. The SMILES string of the molecule is C.CCOc1cccc(C(=O)N[C@H](C)Cc2cccs2)c1. The molecule has 0 bridgehead atoms. The quantitative estimate of drug-likeness (QED) is 0.871. The van der Waals surface area contributed by atoms with Gasteiger partial charge in [0.25, 0.3) is 5.91 Å². The first kappa shape index (κ1) is 17.2. The molecule has 1 aromatic carbocycles. The van der Waals surface area contributed by atoms with Crippen molar-refractivity contribution < 1.29 is 9.53 Å². The molecule has 21 heavy (non-hydrogen) atoms. The van der Waals surface area contributed by atoms with Crippen LogP contribution in [0.2, 0.25) is 0 Å². The third-order valence-corrected chi connectivity index (χ3v) is 3.77. The molecule has 0 saturated carbocycles. The molecule has 1 atom stereocenters. The Hall–Kier alpha value is -1.81. The van der Waals surface area contributed by atoms with E-state index in [0.717, 1.165) is 12.2 Å². The van der Waals surface area contributed by atoms with Gasteiger partial charge < -0.3 is 10.1 Å². The van der Waals surface area contributed by atoms with Crippen LogP contribution >= 0.6 is 11.3 Å². The molecule has 1 amide bonds. The fourth-order valence-electron chi connectivity index (χ4n) is 1.98. The van der Waals surface area contributed by atoms with Crippen molar-refractivity contribution in [1.29, 1.82) is 0 Å². The van der Waals surface area contributed by atoms with E-state index in [4.69, 9.17) is 4.74 Å². The molecule has 0 saturated heterocycles. The summed E-state index contributed by atoms with van der Waals surface area (Å²) in [6.07, 6.45) is 0.856. The number of carbonyl (C=O) groups excluding carboxylic acids is 1. The van der Waals surface area contributed by atoms with Crippen molar-refractivity contribution in [2.45, 2.75) is 33.7 Å². The molecule has 0 aliphatic heterocycles. The molecule has 114 valence electrons. The number of carbonyl (C=O) groups is 1. The lowest BCUT2D eigenvalue weighted by atomic mass is 10.1. The first-order valence-electron chi connectivity index (χ1n) is 6.75. The van der Waals surface area contributed by atoms with Gasteiger partial charge in [-0.05, 0) is 43.5 Å². The number of nitrogens with one attached hydrogen (secondary N) is 1. The van der Waals surface area contributed by atoms with Gasteiger partial charge in [0.15, 0.2) is 0 Å². The van der Waals surface area contributed by atoms with Gasteiger partial charge in [-0.15, -0.1) is 11.3 Å². The van der Waals surface area contributed by atoms with E-state index in [1.165, 1.54) is 4.88 Å². The largest absolute Gasteiger partial charge is 0.494 e. The highest BCUT2D eigenvalue weighted by Gasteiger charge is 2.11. The minimum atomic E-state index is -0.0596. The van der Waals surface area contributed by atoms with E-state index in [9.17, 15) is 4.79 Å². The van der Waals surface area contributed by atoms with Crippen LogP contribution in [0.3, 0.4) is 0 Å². The van der Waals surface area contributed by atoms with Gasteiger partial charge >= 0.3 is 0 Å². The minimum Gasteiger partial charge on any atom is -0.494 e. The van der Waals surface area contributed by atoms with Crippen molar-refractivity contribution in [1.82, 2.24) is 5.32 Å². The van der Waals surface area contributed by atoms with E-state index in [1.807, 2.05) is 32.0 Å². The van der Waals surface area contributed by atoms with Crippen molar-refractivity contribution in [2.24, 2.45) is 0 Å². The lowest BCUT2D eigenvalue weighted by Crippen LogP contribution is -2.33. The molecule has 0 spiro atoms. The molecular weight excluding hydrogens is 282 g/mol. The molecule has 4 heteroatoms. The summed E-state index contributed by atoms with van der Waals surface area (Å²) in [6, 6.07) is 11.5. The van der Waals surface area contributed by atoms with E-state index in [1.54, 1.807) is 23.5 Å². The fourth-order valence-corrected chi connectivity index (χ4v) is 2.82. The number of benzene rings is 1. The standard InChI is InChI=1S/C16H19NO2S.CH4/c1-3-19-14-7-4-6-13(11-14)16(18)17-12(2)10-15-8-5-9-20-15;/h4-9,11-12H,3,10H2,1-2H3,(H,17,18);1H4/t12-;/m1./s1. The van der Waals surface area contributed by atoms with E-state index in [2.05, 4.69) is 16.8 Å². The molecule has 1 aromatic heterocycles. The lowest BCUT2D eigenvalue weighted by molar-refractivity contribution is 0.0939. The highest BCUT2D eigenvalue weighted by molar-refractivity contribution is 7.09. The molecular formula is C17H23NO2S. The van der Waals surface area contributed by atoms with E-state index < -0.39 is 0 Å². The zero-order chi connectivity index (χ0) is 14.4. The van der Waals surface area contributed by atoms with Crippen molar-refractivity contribution in [3.05, 3.63) is 52.2 Å². The Bertz CT molecular complexity index is 552. The first-order chi connectivity index (χ1) is 9.69. The second-order valence-corrected chi connectivity index (χ2v) is 5.65. The number of hydrogen-bond donors (Lipinski definition) is 1. The Morgan fingerprint density at radius 2 is 2.14 bits per heavy atom. The summed E-state index contributed by atoms with van der Waals surface area (Å²) in [5.74, 6) is 0.668. The van der Waals surface area contributed by atoms with Crippen LogP contribution in [-0.4, -0.2) is 18.6 Å². The maximum atomic E-state index is 12.2. The predicted octanol–water partition coefficient (Wildman–Crippen LogP) is 4.14. The second-order valence-electron chi connectivity index (χ2n) is 4.62. The van der Waals surface area contributed by atoms with Crippen LogP contribution in [0.15, 0.2) is 41.8 Å². The van der Waals surface area contributed by atoms with E-state index >= 15 is 0 Å². The minimum absolute atomic E-state index is 0. The third kappa shape index (κ3) is 5.23. The predicted molar refractivity (Wildman–Crippen MR) is 89.3 cm³/mol. The molecule has 0 radical (unpaired) electrons. The molecule has 2 aromatic rings. The average Bonchev–Trinajstić information content (AvgIpc) is 2.92. The van der Waals surface area contributed by atoms with Gasteiger partial charge in [-0.25, -0.2) is 0 Å². The van der Waals surface area contributed by atoms with Gasteiger partial charge in [0.2, 0.25) is 0 Å². The van der Waals surface area contributed by atoms with Crippen molar-refractivity contribution >= 4 is 17.2 Å². The molecule has 1 heterocycles. The van der Waals surface area contributed by atoms with Gasteiger partial charge in [0, 0.05) is 22.9 Å². The summed E-state index contributed by atoms with van der Waals surface area (Å²) in [4.78, 5) is 13.5. The smallest absolute Gasteiger partial charge is 0.251 e. The number of ether oxygens (including phenoxy) is 1. The first-order valence-corrected chi connectivity index (χ1v) is 7.63. The third-order valence-electron chi connectivity index (χ3n) is 2.87. The highest BCUT2D eigenvalue weighted by Crippen LogP contribution is 2.14. The van der Waals surface area contributed by atoms with Gasteiger partial charge in [0.1, 0.15) is 5.75 Å². The molecule has 3 nitrogen and oxygen atoms in total. The maximum Gasteiger partial charge on any atom is 0.251 e. The van der Waals surface area contributed by atoms with Crippen LogP contribution in [0.25, 0.3) is 0 Å².